The first-order valence-electron chi connectivity index (χ1n) is 7.90. The Morgan fingerprint density at radius 2 is 1.79 bits per heavy atom. The van der Waals surface area contributed by atoms with Crippen molar-refractivity contribution in [1.82, 2.24) is 14.9 Å². The van der Waals surface area contributed by atoms with E-state index in [1.165, 1.54) is 5.69 Å². The average Bonchev–Trinajstić information content (AvgIpc) is 3.05. The van der Waals surface area contributed by atoms with Gasteiger partial charge in [-0.3, -0.25) is 0 Å². The van der Waals surface area contributed by atoms with E-state index in [1.807, 2.05) is 11.4 Å². The summed E-state index contributed by atoms with van der Waals surface area (Å²) >= 11 is 7.58. The Labute approximate surface area is 149 Å². The largest absolute Gasteiger partial charge is 0.369 e. The molecule has 0 spiro atoms. The molecule has 0 atom stereocenters. The number of likely N-dealkylation sites (N-methyl/N-ethyl adjacent to an activating group) is 1. The molecule has 24 heavy (non-hydrogen) atoms. The normalized spacial score (nSPS) is 15.8. The third-order valence-corrected chi connectivity index (χ3v) is 5.27. The molecule has 1 fully saturated rings. The topological polar surface area (TPSA) is 44.3 Å². The maximum atomic E-state index is 6.02. The van der Waals surface area contributed by atoms with E-state index in [0.717, 1.165) is 47.9 Å². The molecule has 0 saturated carbocycles. The van der Waals surface area contributed by atoms with Crippen LogP contribution in [0.1, 0.15) is 0 Å². The molecule has 7 heteroatoms. The van der Waals surface area contributed by atoms with Gasteiger partial charge >= 0.3 is 0 Å². The van der Waals surface area contributed by atoms with E-state index >= 15 is 0 Å². The SMILES string of the molecule is CN1CCN(c2ccc(Nc3nc(Cl)nc4sccc34)cc2)CC1. The van der Waals surface area contributed by atoms with Crippen molar-refractivity contribution in [3.63, 3.8) is 0 Å². The number of nitrogens with zero attached hydrogens (tertiary/aromatic N) is 4. The monoisotopic (exact) mass is 359 g/mol. The molecule has 3 aromatic rings. The van der Waals surface area contributed by atoms with Gasteiger partial charge < -0.3 is 15.1 Å². The molecule has 1 aliphatic rings. The number of fused-ring (bicyclic) bond motifs is 1. The van der Waals surface area contributed by atoms with Gasteiger partial charge in [-0.1, -0.05) is 0 Å². The van der Waals surface area contributed by atoms with Crippen molar-refractivity contribution in [3.05, 3.63) is 41.0 Å². The van der Waals surface area contributed by atoms with Gasteiger partial charge in [-0.05, 0) is 54.4 Å². The summed E-state index contributed by atoms with van der Waals surface area (Å²) in [6, 6.07) is 10.5. The predicted octanol–water partition coefficient (Wildman–Crippen LogP) is 3.84. The van der Waals surface area contributed by atoms with Crippen LogP contribution >= 0.6 is 22.9 Å². The Morgan fingerprint density at radius 3 is 2.54 bits per heavy atom. The Morgan fingerprint density at radius 1 is 1.04 bits per heavy atom. The number of anilines is 3. The van der Waals surface area contributed by atoms with E-state index in [1.54, 1.807) is 11.3 Å². The minimum absolute atomic E-state index is 0.265. The second-order valence-corrected chi connectivity index (χ2v) is 7.18. The first-order chi connectivity index (χ1) is 11.7. The zero-order valence-corrected chi connectivity index (χ0v) is 14.9. The summed E-state index contributed by atoms with van der Waals surface area (Å²) in [6.45, 7) is 4.35. The molecule has 0 bridgehead atoms. The van der Waals surface area contributed by atoms with Gasteiger partial charge in [-0.25, -0.2) is 4.98 Å². The Kier molecular flexibility index (Phi) is 4.26. The van der Waals surface area contributed by atoms with Crippen LogP contribution in [0.4, 0.5) is 17.2 Å². The van der Waals surface area contributed by atoms with Gasteiger partial charge in [0.25, 0.3) is 0 Å². The molecule has 1 saturated heterocycles. The lowest BCUT2D eigenvalue weighted by molar-refractivity contribution is 0.313. The Balaban J connectivity index is 1.54. The summed E-state index contributed by atoms with van der Waals surface area (Å²) in [7, 11) is 2.17. The van der Waals surface area contributed by atoms with Crippen molar-refractivity contribution in [3.8, 4) is 0 Å². The second-order valence-electron chi connectivity index (χ2n) is 5.94. The lowest BCUT2D eigenvalue weighted by atomic mass is 10.2. The Hall–Kier alpha value is -1.89. The van der Waals surface area contributed by atoms with Crippen molar-refractivity contribution in [1.29, 1.82) is 0 Å². The summed E-state index contributed by atoms with van der Waals surface area (Å²) in [5.74, 6) is 0.749. The van der Waals surface area contributed by atoms with Gasteiger partial charge in [0, 0.05) is 37.6 Å². The summed E-state index contributed by atoms with van der Waals surface area (Å²) in [6.07, 6.45) is 0. The number of thiophene rings is 1. The number of piperazine rings is 1. The molecule has 1 aliphatic heterocycles. The van der Waals surface area contributed by atoms with Gasteiger partial charge in [0.2, 0.25) is 5.28 Å². The molecule has 4 rings (SSSR count). The summed E-state index contributed by atoms with van der Waals surface area (Å²) in [5.41, 5.74) is 2.25. The summed E-state index contributed by atoms with van der Waals surface area (Å²) < 4.78 is 0. The van der Waals surface area contributed by atoms with Crippen molar-refractivity contribution < 1.29 is 0 Å². The third-order valence-electron chi connectivity index (χ3n) is 4.30. The number of hydrogen-bond donors (Lipinski definition) is 1. The standard InChI is InChI=1S/C17H18ClN5S/c1-22-7-9-23(10-8-22)13-4-2-12(3-5-13)19-15-14-6-11-24-16(14)21-17(18)20-15/h2-6,11H,7-10H2,1H3,(H,19,20,21). The number of hydrogen-bond acceptors (Lipinski definition) is 6. The van der Waals surface area contributed by atoms with Gasteiger partial charge in [0.05, 0.1) is 5.39 Å². The van der Waals surface area contributed by atoms with E-state index < -0.39 is 0 Å². The Bertz CT molecular complexity index is 840. The molecule has 1 aromatic carbocycles. The van der Waals surface area contributed by atoms with E-state index in [0.29, 0.717) is 0 Å². The summed E-state index contributed by atoms with van der Waals surface area (Å²) in [5, 5.41) is 6.61. The van der Waals surface area contributed by atoms with Crippen molar-refractivity contribution in [2.24, 2.45) is 0 Å². The van der Waals surface area contributed by atoms with Crippen LogP contribution in [-0.2, 0) is 0 Å². The highest BCUT2D eigenvalue weighted by Gasteiger charge is 2.14. The molecule has 0 amide bonds. The van der Waals surface area contributed by atoms with Crippen LogP contribution in [0.5, 0.6) is 0 Å². The molecule has 0 unspecified atom stereocenters. The van der Waals surface area contributed by atoms with Crippen molar-refractivity contribution in [2.75, 3.05) is 43.4 Å². The highest BCUT2D eigenvalue weighted by Crippen LogP contribution is 2.29. The van der Waals surface area contributed by atoms with E-state index in [9.17, 15) is 0 Å². The first kappa shape index (κ1) is 15.6. The van der Waals surface area contributed by atoms with Gasteiger partial charge in [-0.2, -0.15) is 4.98 Å². The number of nitrogens with one attached hydrogen (secondary N) is 1. The quantitative estimate of drug-likeness (QED) is 0.720. The van der Waals surface area contributed by atoms with Crippen LogP contribution in [0.25, 0.3) is 10.2 Å². The van der Waals surface area contributed by atoms with Crippen LogP contribution in [-0.4, -0.2) is 48.1 Å². The number of halogens is 1. The van der Waals surface area contributed by atoms with E-state index in [4.69, 9.17) is 11.6 Å². The maximum Gasteiger partial charge on any atom is 0.225 e. The minimum atomic E-state index is 0.265. The maximum absolute atomic E-state index is 6.02. The lowest BCUT2D eigenvalue weighted by Gasteiger charge is -2.34. The fraction of sp³-hybridized carbons (Fsp3) is 0.294. The highest BCUT2D eigenvalue weighted by molar-refractivity contribution is 7.16. The number of benzene rings is 1. The second kappa shape index (κ2) is 6.55. The molecule has 1 N–H and O–H groups in total. The first-order valence-corrected chi connectivity index (χ1v) is 9.16. The molecular weight excluding hydrogens is 342 g/mol. The van der Waals surface area contributed by atoms with Crippen molar-refractivity contribution >= 4 is 50.3 Å². The lowest BCUT2D eigenvalue weighted by Crippen LogP contribution is -2.44. The zero-order valence-electron chi connectivity index (χ0n) is 13.4. The fourth-order valence-corrected chi connectivity index (χ4v) is 3.86. The molecule has 3 heterocycles. The fourth-order valence-electron chi connectivity index (χ4n) is 2.88. The molecule has 124 valence electrons. The van der Waals surface area contributed by atoms with Crippen LogP contribution < -0.4 is 10.2 Å². The molecule has 5 nitrogen and oxygen atoms in total. The molecule has 0 aliphatic carbocycles. The van der Waals surface area contributed by atoms with Gasteiger partial charge in [0.1, 0.15) is 10.6 Å². The number of rotatable bonds is 3. The predicted molar refractivity (Wildman–Crippen MR) is 102 cm³/mol. The molecular formula is C17H18ClN5S. The average molecular weight is 360 g/mol. The smallest absolute Gasteiger partial charge is 0.225 e. The minimum Gasteiger partial charge on any atom is -0.369 e. The van der Waals surface area contributed by atoms with Gasteiger partial charge in [-0.15, -0.1) is 11.3 Å². The molecule has 0 radical (unpaired) electrons. The van der Waals surface area contributed by atoms with Crippen LogP contribution in [0.3, 0.4) is 0 Å². The highest BCUT2D eigenvalue weighted by atomic mass is 35.5. The number of aromatic nitrogens is 2. The van der Waals surface area contributed by atoms with Crippen LogP contribution in [0.2, 0.25) is 5.28 Å². The van der Waals surface area contributed by atoms with Gasteiger partial charge in [0.15, 0.2) is 0 Å². The zero-order chi connectivity index (χ0) is 16.5. The van der Waals surface area contributed by atoms with Crippen LogP contribution in [0.15, 0.2) is 35.7 Å². The summed E-state index contributed by atoms with van der Waals surface area (Å²) in [4.78, 5) is 14.2. The molecule has 2 aromatic heterocycles. The third kappa shape index (κ3) is 3.17. The van der Waals surface area contributed by atoms with E-state index in [2.05, 4.69) is 56.4 Å². The van der Waals surface area contributed by atoms with E-state index in [-0.39, 0.29) is 5.28 Å². The van der Waals surface area contributed by atoms with Crippen molar-refractivity contribution in [2.45, 2.75) is 0 Å². The van der Waals surface area contributed by atoms with Crippen LogP contribution in [0, 0.1) is 0 Å².